The molecule has 1 fully saturated rings. The third-order valence-electron chi connectivity index (χ3n) is 4.90. The van der Waals surface area contributed by atoms with Gasteiger partial charge in [-0.1, -0.05) is 23.2 Å². The van der Waals surface area contributed by atoms with Gasteiger partial charge in [-0.25, -0.2) is 17.5 Å². The van der Waals surface area contributed by atoms with Crippen LogP contribution >= 0.6 is 23.2 Å². The van der Waals surface area contributed by atoms with E-state index < -0.39 is 34.4 Å². The number of anilines is 1. The Morgan fingerprint density at radius 1 is 1.20 bits per heavy atom. The van der Waals surface area contributed by atoms with Gasteiger partial charge in [-0.2, -0.15) is 0 Å². The van der Waals surface area contributed by atoms with Gasteiger partial charge in [-0.05, 0) is 49.4 Å². The van der Waals surface area contributed by atoms with Gasteiger partial charge in [0.2, 0.25) is 5.91 Å². The van der Waals surface area contributed by atoms with Crippen LogP contribution in [-0.4, -0.2) is 57.3 Å². The van der Waals surface area contributed by atoms with Crippen LogP contribution in [0.4, 0.5) is 10.5 Å². The highest BCUT2D eigenvalue weighted by Crippen LogP contribution is 2.29. The molecule has 0 aliphatic carbocycles. The molecule has 2 aromatic rings. The number of hydrogen-bond donors (Lipinski definition) is 3. The Morgan fingerprint density at radius 2 is 1.94 bits per heavy atom. The van der Waals surface area contributed by atoms with Crippen LogP contribution in [0.25, 0.3) is 6.08 Å². The number of methoxy groups -OCH3 is 1. The first kappa shape index (κ1) is 26.3. The molecule has 1 aliphatic rings. The zero-order valence-corrected chi connectivity index (χ0v) is 21.1. The average Bonchev–Trinajstić information content (AvgIpc) is 2.94. The fraction of sp³-hybridized carbons (Fsp3) is 0.227. The summed E-state index contributed by atoms with van der Waals surface area (Å²) in [4.78, 5) is 37.2. The van der Waals surface area contributed by atoms with E-state index in [4.69, 9.17) is 27.9 Å². The van der Waals surface area contributed by atoms with Crippen molar-refractivity contribution in [1.29, 1.82) is 0 Å². The van der Waals surface area contributed by atoms with E-state index in [1.165, 1.54) is 25.3 Å². The number of nitrogens with zero attached hydrogens (tertiary/aromatic N) is 1. The van der Waals surface area contributed by atoms with Crippen molar-refractivity contribution in [2.45, 2.75) is 11.8 Å². The van der Waals surface area contributed by atoms with Crippen molar-refractivity contribution in [2.75, 3.05) is 32.1 Å². The molecule has 3 rings (SSSR count). The maximum atomic E-state index is 13.4. The Bertz CT molecular complexity index is 1310. The van der Waals surface area contributed by atoms with Crippen LogP contribution in [0.1, 0.15) is 12.5 Å². The highest BCUT2D eigenvalue weighted by molar-refractivity contribution is 7.89. The van der Waals surface area contributed by atoms with E-state index in [1.54, 1.807) is 25.1 Å². The summed E-state index contributed by atoms with van der Waals surface area (Å²) in [5.41, 5.74) is 0.441. The van der Waals surface area contributed by atoms with E-state index in [0.29, 0.717) is 27.2 Å². The maximum Gasteiger partial charge on any atom is 0.319 e. The number of sulfonamides is 1. The fourth-order valence-corrected chi connectivity index (χ4v) is 4.94. The van der Waals surface area contributed by atoms with Crippen molar-refractivity contribution < 1.29 is 27.5 Å². The minimum atomic E-state index is -4.51. The molecule has 0 radical (unpaired) electrons. The van der Waals surface area contributed by atoms with Gasteiger partial charge in [0.05, 0.1) is 22.7 Å². The van der Waals surface area contributed by atoms with Gasteiger partial charge >= 0.3 is 6.03 Å². The summed E-state index contributed by atoms with van der Waals surface area (Å²) >= 11 is 12.2. The third-order valence-corrected chi connectivity index (χ3v) is 7.19. The smallest absolute Gasteiger partial charge is 0.319 e. The van der Waals surface area contributed by atoms with Gasteiger partial charge in [0, 0.05) is 29.2 Å². The lowest BCUT2D eigenvalue weighted by atomic mass is 10.1. The number of halogens is 2. The summed E-state index contributed by atoms with van der Waals surface area (Å²) in [7, 11) is -3.07. The van der Waals surface area contributed by atoms with Crippen molar-refractivity contribution in [3.05, 3.63) is 57.6 Å². The van der Waals surface area contributed by atoms with E-state index in [1.807, 2.05) is 0 Å². The molecule has 13 heteroatoms. The van der Waals surface area contributed by atoms with Crippen molar-refractivity contribution in [3.63, 3.8) is 0 Å². The van der Waals surface area contributed by atoms with Gasteiger partial charge in [0.1, 0.15) is 12.3 Å². The number of rotatable bonds is 6. The lowest BCUT2D eigenvalue weighted by molar-refractivity contribution is -0.127. The summed E-state index contributed by atoms with van der Waals surface area (Å²) in [5.74, 6) is -1.17. The second-order valence-electron chi connectivity index (χ2n) is 7.28. The van der Waals surface area contributed by atoms with Crippen LogP contribution < -0.4 is 20.7 Å². The number of benzene rings is 2. The largest absolute Gasteiger partial charge is 0.496 e. The SMILES string of the molecule is CCNC(=O)Nc1cc(S(=O)(=O)N2CC(=O)NC/C(=C\c3cc(Cl)ccc3OC)C2=O)ccc1Cl. The molecule has 4 amide bonds. The second kappa shape index (κ2) is 11.0. The maximum absolute atomic E-state index is 13.4. The van der Waals surface area contributed by atoms with Crippen LogP contribution in [0.5, 0.6) is 5.75 Å². The van der Waals surface area contributed by atoms with Crippen LogP contribution in [0, 0.1) is 0 Å². The number of carbonyl (C=O) groups is 3. The summed E-state index contributed by atoms with van der Waals surface area (Å²) in [6.07, 6.45) is 1.41. The topological polar surface area (TPSA) is 134 Å². The molecule has 0 atom stereocenters. The predicted molar refractivity (Wildman–Crippen MR) is 132 cm³/mol. The lowest BCUT2D eigenvalue weighted by Crippen LogP contribution is -2.40. The van der Waals surface area contributed by atoms with Gasteiger partial charge in [-0.15, -0.1) is 0 Å². The molecule has 1 aliphatic heterocycles. The number of urea groups is 1. The quantitative estimate of drug-likeness (QED) is 0.482. The van der Waals surface area contributed by atoms with E-state index in [2.05, 4.69) is 16.0 Å². The zero-order valence-electron chi connectivity index (χ0n) is 18.7. The molecule has 1 heterocycles. The number of amides is 4. The fourth-order valence-electron chi connectivity index (χ4n) is 3.22. The second-order valence-corrected chi connectivity index (χ2v) is 9.98. The molecular formula is C22H22Cl2N4O6S. The number of nitrogens with one attached hydrogen (secondary N) is 3. The number of ether oxygens (including phenoxy) is 1. The minimum absolute atomic E-state index is 0.00497. The van der Waals surface area contributed by atoms with E-state index in [0.717, 1.165) is 6.07 Å². The summed E-state index contributed by atoms with van der Waals surface area (Å²) in [6.45, 7) is 1.12. The molecule has 10 nitrogen and oxygen atoms in total. The van der Waals surface area contributed by atoms with Crippen molar-refractivity contribution >= 4 is 62.8 Å². The van der Waals surface area contributed by atoms with Gasteiger partial charge in [-0.3, -0.25) is 9.59 Å². The number of hydrogen-bond acceptors (Lipinski definition) is 6. The van der Waals surface area contributed by atoms with Crippen LogP contribution in [0.3, 0.4) is 0 Å². The Labute approximate surface area is 212 Å². The Kier molecular flexibility index (Phi) is 8.26. The lowest BCUT2D eigenvalue weighted by Gasteiger charge is -2.21. The molecule has 35 heavy (non-hydrogen) atoms. The standard InChI is InChI=1S/C22H22Cl2N4O6S/c1-3-25-22(31)27-18-10-16(5-6-17(18)24)35(32,33)28-12-20(29)26-11-14(21(28)30)8-13-9-15(23)4-7-19(13)34-2/h4-10H,3,11-12H2,1-2H3,(H,26,29)(H2,25,27,31)/b14-8+. The van der Waals surface area contributed by atoms with Crippen LogP contribution in [-0.2, 0) is 19.6 Å². The highest BCUT2D eigenvalue weighted by atomic mass is 35.5. The molecule has 3 N–H and O–H groups in total. The monoisotopic (exact) mass is 540 g/mol. The average molecular weight is 541 g/mol. The Hall–Kier alpha value is -3.28. The highest BCUT2D eigenvalue weighted by Gasteiger charge is 2.35. The molecule has 1 saturated heterocycles. The molecule has 0 unspecified atom stereocenters. The van der Waals surface area contributed by atoms with Gasteiger partial charge < -0.3 is 20.7 Å². The summed E-state index contributed by atoms with van der Waals surface area (Å²) < 4.78 is 32.6. The van der Waals surface area contributed by atoms with E-state index in [9.17, 15) is 22.8 Å². The van der Waals surface area contributed by atoms with Crippen molar-refractivity contribution in [2.24, 2.45) is 0 Å². The first-order valence-electron chi connectivity index (χ1n) is 10.3. The molecule has 0 saturated carbocycles. The Morgan fingerprint density at radius 3 is 2.63 bits per heavy atom. The normalized spacial score (nSPS) is 15.4. The molecule has 186 valence electrons. The number of carbonyl (C=O) groups excluding carboxylic acids is 3. The minimum Gasteiger partial charge on any atom is -0.496 e. The molecular weight excluding hydrogens is 519 g/mol. The molecule has 0 aromatic heterocycles. The first-order valence-corrected chi connectivity index (χ1v) is 12.5. The first-order chi connectivity index (χ1) is 16.6. The summed E-state index contributed by atoms with van der Waals surface area (Å²) in [6, 6.07) is 7.72. The van der Waals surface area contributed by atoms with E-state index >= 15 is 0 Å². The van der Waals surface area contributed by atoms with Crippen molar-refractivity contribution in [3.8, 4) is 5.75 Å². The van der Waals surface area contributed by atoms with E-state index in [-0.39, 0.29) is 27.7 Å². The van der Waals surface area contributed by atoms with Crippen LogP contribution in [0.2, 0.25) is 10.0 Å². The van der Waals surface area contributed by atoms with Crippen LogP contribution in [0.15, 0.2) is 46.9 Å². The van der Waals surface area contributed by atoms with Gasteiger partial charge in [0.15, 0.2) is 0 Å². The Balaban J connectivity index is 2.03. The van der Waals surface area contributed by atoms with Gasteiger partial charge in [0.25, 0.3) is 15.9 Å². The molecule has 0 bridgehead atoms. The third kappa shape index (κ3) is 6.05. The predicted octanol–water partition coefficient (Wildman–Crippen LogP) is 2.87. The summed E-state index contributed by atoms with van der Waals surface area (Å²) in [5, 5.41) is 7.93. The molecule has 2 aromatic carbocycles. The molecule has 0 spiro atoms. The zero-order chi connectivity index (χ0) is 25.8. The van der Waals surface area contributed by atoms with Crippen molar-refractivity contribution in [1.82, 2.24) is 14.9 Å².